The molecule has 4 heteroatoms. The first-order chi connectivity index (χ1) is 7.06. The molecule has 0 unspecified atom stereocenters. The van der Waals surface area contributed by atoms with Gasteiger partial charge in [0.1, 0.15) is 6.21 Å². The van der Waals surface area contributed by atoms with Crippen LogP contribution in [0.2, 0.25) is 0 Å². The van der Waals surface area contributed by atoms with Crippen molar-refractivity contribution in [2.45, 2.75) is 19.4 Å². The van der Waals surface area contributed by atoms with Crippen LogP contribution in [-0.2, 0) is 0 Å². The van der Waals surface area contributed by atoms with E-state index in [1.54, 1.807) is 13.8 Å². The Kier molecular flexibility index (Phi) is 3.44. The van der Waals surface area contributed by atoms with E-state index in [0.29, 0.717) is 0 Å². The first-order valence-electron chi connectivity index (χ1n) is 4.61. The Morgan fingerprint density at radius 3 is 2.47 bits per heavy atom. The third-order valence-corrected chi connectivity index (χ3v) is 2.01. The van der Waals surface area contributed by atoms with E-state index < -0.39 is 5.54 Å². The maximum atomic E-state index is 11.7. The minimum Gasteiger partial charge on any atom is -0.623 e. The van der Waals surface area contributed by atoms with Gasteiger partial charge in [0.25, 0.3) is 0 Å². The lowest BCUT2D eigenvalue weighted by Gasteiger charge is -2.18. The van der Waals surface area contributed by atoms with E-state index in [4.69, 9.17) is 5.21 Å². The molecule has 0 amide bonds. The van der Waals surface area contributed by atoms with Crippen LogP contribution in [0.25, 0.3) is 0 Å². The second-order valence-electron chi connectivity index (χ2n) is 3.76. The van der Waals surface area contributed by atoms with Crippen molar-refractivity contribution in [2.75, 3.05) is 0 Å². The van der Waals surface area contributed by atoms with Crippen molar-refractivity contribution < 1.29 is 9.95 Å². The van der Waals surface area contributed by atoms with Crippen LogP contribution in [-0.4, -0.2) is 27.9 Å². The number of nitrogens with zero attached hydrogens (tertiary/aromatic N) is 2. The van der Waals surface area contributed by atoms with Gasteiger partial charge in [-0.1, -0.05) is 23.4 Å². The number of hydrogen-bond acceptors (Lipinski definition) is 3. The summed E-state index contributed by atoms with van der Waals surface area (Å²) in [5.74, 6) is 0. The SMILES string of the molecule is CC(C)(C=NO)/[N+]([O-])=C\c1ccccc1. The lowest BCUT2D eigenvalue weighted by Crippen LogP contribution is -2.35. The summed E-state index contributed by atoms with van der Waals surface area (Å²) in [5, 5.41) is 23.0. The van der Waals surface area contributed by atoms with E-state index in [1.165, 1.54) is 12.4 Å². The maximum absolute atomic E-state index is 11.7. The van der Waals surface area contributed by atoms with Crippen LogP contribution in [0.5, 0.6) is 0 Å². The molecule has 0 atom stereocenters. The van der Waals surface area contributed by atoms with Gasteiger partial charge in [-0.05, 0) is 12.1 Å². The average molecular weight is 206 g/mol. The average Bonchev–Trinajstić information content (AvgIpc) is 2.19. The molecule has 0 spiro atoms. The molecule has 1 aromatic carbocycles. The van der Waals surface area contributed by atoms with Gasteiger partial charge in [0.2, 0.25) is 5.54 Å². The highest BCUT2D eigenvalue weighted by Gasteiger charge is 2.23. The largest absolute Gasteiger partial charge is 0.623 e. The van der Waals surface area contributed by atoms with Gasteiger partial charge in [-0.25, -0.2) is 4.74 Å². The van der Waals surface area contributed by atoms with Crippen LogP contribution < -0.4 is 0 Å². The fraction of sp³-hybridized carbons (Fsp3) is 0.273. The molecule has 1 rings (SSSR count). The summed E-state index contributed by atoms with van der Waals surface area (Å²) in [5.41, 5.74) is -0.0446. The molecule has 0 aromatic heterocycles. The van der Waals surface area contributed by atoms with Crippen LogP contribution in [0.3, 0.4) is 0 Å². The van der Waals surface area contributed by atoms with Crippen molar-refractivity contribution in [1.82, 2.24) is 0 Å². The highest BCUT2D eigenvalue weighted by molar-refractivity contribution is 5.77. The highest BCUT2D eigenvalue weighted by Crippen LogP contribution is 2.05. The molecule has 80 valence electrons. The van der Waals surface area contributed by atoms with Gasteiger partial charge in [-0.15, -0.1) is 0 Å². The van der Waals surface area contributed by atoms with E-state index in [2.05, 4.69) is 5.16 Å². The van der Waals surface area contributed by atoms with Crippen LogP contribution >= 0.6 is 0 Å². The van der Waals surface area contributed by atoms with Crippen molar-refractivity contribution in [1.29, 1.82) is 0 Å². The second-order valence-corrected chi connectivity index (χ2v) is 3.76. The van der Waals surface area contributed by atoms with Gasteiger partial charge in [-0.2, -0.15) is 0 Å². The molecule has 0 bridgehead atoms. The zero-order chi connectivity index (χ0) is 11.3. The molecule has 0 fully saturated rings. The fourth-order valence-corrected chi connectivity index (χ4v) is 1.04. The summed E-state index contributed by atoms with van der Waals surface area (Å²) in [6, 6.07) is 9.25. The molecular weight excluding hydrogens is 192 g/mol. The summed E-state index contributed by atoms with van der Waals surface area (Å²) in [4.78, 5) is 0. The van der Waals surface area contributed by atoms with Crippen molar-refractivity contribution in [3.05, 3.63) is 41.1 Å². The molecule has 4 nitrogen and oxygen atoms in total. The van der Waals surface area contributed by atoms with E-state index in [-0.39, 0.29) is 0 Å². The Balaban J connectivity index is 2.94. The first-order valence-corrected chi connectivity index (χ1v) is 4.61. The molecule has 0 aliphatic heterocycles. The number of rotatable bonds is 3. The van der Waals surface area contributed by atoms with Crippen LogP contribution in [0.15, 0.2) is 35.5 Å². The van der Waals surface area contributed by atoms with Crippen molar-refractivity contribution in [2.24, 2.45) is 5.16 Å². The summed E-state index contributed by atoms with van der Waals surface area (Å²) >= 11 is 0. The third kappa shape index (κ3) is 3.09. The second kappa shape index (κ2) is 4.59. The lowest BCUT2D eigenvalue weighted by molar-refractivity contribution is -0.511. The van der Waals surface area contributed by atoms with Gasteiger partial charge < -0.3 is 10.4 Å². The van der Waals surface area contributed by atoms with E-state index in [9.17, 15) is 5.21 Å². The summed E-state index contributed by atoms with van der Waals surface area (Å²) in [6.07, 6.45) is 2.65. The minimum absolute atomic E-state index is 0.752. The zero-order valence-corrected chi connectivity index (χ0v) is 8.79. The summed E-state index contributed by atoms with van der Waals surface area (Å²) in [7, 11) is 0. The molecule has 1 aromatic rings. The van der Waals surface area contributed by atoms with Crippen LogP contribution in [0.1, 0.15) is 19.4 Å². The van der Waals surface area contributed by atoms with Gasteiger partial charge in [0.15, 0.2) is 6.21 Å². The molecule has 0 aliphatic rings. The number of hydrogen-bond donors (Lipinski definition) is 1. The summed E-state index contributed by atoms with van der Waals surface area (Å²) < 4.78 is 0.752. The van der Waals surface area contributed by atoms with Crippen molar-refractivity contribution >= 4 is 12.4 Å². The molecule has 0 heterocycles. The Labute approximate surface area is 88.8 Å². The van der Waals surface area contributed by atoms with Gasteiger partial charge in [-0.3, -0.25) is 0 Å². The zero-order valence-electron chi connectivity index (χ0n) is 8.79. The fourth-order valence-electron chi connectivity index (χ4n) is 1.04. The molecule has 0 aliphatic carbocycles. The molecule has 0 radical (unpaired) electrons. The van der Waals surface area contributed by atoms with Gasteiger partial charge in [0, 0.05) is 19.4 Å². The monoisotopic (exact) mass is 206 g/mol. The predicted octanol–water partition coefficient (Wildman–Crippen LogP) is 1.85. The lowest BCUT2D eigenvalue weighted by atomic mass is 10.1. The van der Waals surface area contributed by atoms with Crippen molar-refractivity contribution in [3.8, 4) is 0 Å². The normalized spacial score (nSPS) is 13.3. The molecule has 15 heavy (non-hydrogen) atoms. The molecule has 0 saturated carbocycles. The van der Waals surface area contributed by atoms with Crippen molar-refractivity contribution in [3.63, 3.8) is 0 Å². The van der Waals surface area contributed by atoms with E-state index >= 15 is 0 Å². The van der Waals surface area contributed by atoms with Gasteiger partial charge >= 0.3 is 0 Å². The minimum atomic E-state index is -0.857. The maximum Gasteiger partial charge on any atom is 0.205 e. The highest BCUT2D eigenvalue weighted by atomic mass is 16.5. The Hall–Kier alpha value is -1.84. The van der Waals surface area contributed by atoms with Crippen LogP contribution in [0.4, 0.5) is 0 Å². The standard InChI is InChI=1S/C11H14N2O2/c1-11(2,9-12-14)13(15)8-10-6-4-3-5-7-10/h3-9,14H,1-2H3/b12-9?,13-8+. The Morgan fingerprint density at radius 1 is 1.33 bits per heavy atom. The smallest absolute Gasteiger partial charge is 0.205 e. The molecule has 0 saturated heterocycles. The Morgan fingerprint density at radius 2 is 1.93 bits per heavy atom. The predicted molar refractivity (Wildman–Crippen MR) is 59.6 cm³/mol. The van der Waals surface area contributed by atoms with E-state index in [0.717, 1.165) is 10.3 Å². The van der Waals surface area contributed by atoms with Gasteiger partial charge in [0.05, 0.1) is 0 Å². The Bertz CT molecular complexity index is 369. The third-order valence-electron chi connectivity index (χ3n) is 2.01. The number of benzene rings is 1. The molecular formula is C11H14N2O2. The van der Waals surface area contributed by atoms with Crippen LogP contribution in [0, 0.1) is 5.21 Å². The first kappa shape index (κ1) is 11.2. The van der Waals surface area contributed by atoms with E-state index in [1.807, 2.05) is 30.3 Å². The quantitative estimate of drug-likeness (QED) is 0.270. The summed E-state index contributed by atoms with van der Waals surface area (Å²) in [6.45, 7) is 3.33. The number of hydroxylamine groups is 1. The molecule has 1 N–H and O–H groups in total. The number of oxime groups is 1. The topological polar surface area (TPSA) is 58.7 Å².